The topological polar surface area (TPSA) is 37.4 Å². The Balaban J connectivity index is 2.45. The van der Waals surface area contributed by atoms with E-state index in [1.54, 1.807) is 18.2 Å². The van der Waals surface area contributed by atoms with Gasteiger partial charge in [0.15, 0.2) is 0 Å². The zero-order valence-electron chi connectivity index (χ0n) is 10.4. The molecule has 0 unspecified atom stereocenters. The first-order valence-electron chi connectivity index (χ1n) is 5.62. The van der Waals surface area contributed by atoms with E-state index in [4.69, 9.17) is 0 Å². The fourth-order valence-electron chi connectivity index (χ4n) is 2.02. The summed E-state index contributed by atoms with van der Waals surface area (Å²) in [6.07, 6.45) is 1.11. The maximum absolute atomic E-state index is 11.7. The Bertz CT molecular complexity index is 308. The van der Waals surface area contributed by atoms with Crippen LogP contribution in [0.4, 0.5) is 0 Å². The summed E-state index contributed by atoms with van der Waals surface area (Å²) in [5, 5.41) is -0.284. The predicted molar refractivity (Wildman–Crippen MR) is 63.2 cm³/mol. The van der Waals surface area contributed by atoms with Crippen LogP contribution in [0, 0.1) is 11.3 Å². The van der Waals surface area contributed by atoms with Crippen molar-refractivity contribution in [3.8, 4) is 0 Å². The number of hydrogen-bond donors (Lipinski definition) is 0. The van der Waals surface area contributed by atoms with E-state index in [2.05, 4.69) is 20.8 Å². The minimum absolute atomic E-state index is 0.284. The first kappa shape index (κ1) is 13.0. The molecule has 4 heteroatoms. The molecule has 0 N–H and O–H groups in total. The molecule has 0 aromatic carbocycles. The summed E-state index contributed by atoms with van der Waals surface area (Å²) in [7, 11) is -3.00. The van der Waals surface area contributed by atoms with Crippen molar-refractivity contribution < 1.29 is 8.42 Å². The molecule has 15 heavy (non-hydrogen) atoms. The van der Waals surface area contributed by atoms with E-state index in [1.807, 2.05) is 0 Å². The van der Waals surface area contributed by atoms with Crippen molar-refractivity contribution in [2.24, 2.45) is 11.3 Å². The molecule has 0 spiro atoms. The van der Waals surface area contributed by atoms with E-state index in [0.29, 0.717) is 11.3 Å². The second kappa shape index (κ2) is 4.06. The average Bonchev–Trinajstić information content (AvgIpc) is 1.93. The van der Waals surface area contributed by atoms with Gasteiger partial charge in [-0.05, 0) is 31.6 Å². The van der Waals surface area contributed by atoms with Crippen molar-refractivity contribution in [3.05, 3.63) is 0 Å². The SMILES string of the molecule is CC(C)S(=O)(=O)N1CC(CC(C)(C)C)C1. The summed E-state index contributed by atoms with van der Waals surface area (Å²) in [6.45, 7) is 11.5. The first-order valence-corrected chi connectivity index (χ1v) is 7.12. The van der Waals surface area contributed by atoms with Gasteiger partial charge in [0.05, 0.1) is 5.25 Å². The van der Waals surface area contributed by atoms with Crippen LogP contribution in [0.2, 0.25) is 0 Å². The smallest absolute Gasteiger partial charge is 0.212 e. The maximum Gasteiger partial charge on any atom is 0.216 e. The Morgan fingerprint density at radius 1 is 1.27 bits per heavy atom. The van der Waals surface area contributed by atoms with E-state index in [0.717, 1.165) is 19.5 Å². The number of nitrogens with zero attached hydrogens (tertiary/aromatic N) is 1. The third-order valence-electron chi connectivity index (χ3n) is 2.78. The molecule has 90 valence electrons. The van der Waals surface area contributed by atoms with Crippen LogP contribution in [0.3, 0.4) is 0 Å². The molecular formula is C11H23NO2S. The summed E-state index contributed by atoms with van der Waals surface area (Å²) < 4.78 is 25.1. The molecule has 0 atom stereocenters. The monoisotopic (exact) mass is 233 g/mol. The van der Waals surface area contributed by atoms with Gasteiger partial charge in [-0.1, -0.05) is 20.8 Å². The largest absolute Gasteiger partial charge is 0.216 e. The Morgan fingerprint density at radius 3 is 2.07 bits per heavy atom. The van der Waals surface area contributed by atoms with Crippen LogP contribution in [-0.4, -0.2) is 31.1 Å². The van der Waals surface area contributed by atoms with Crippen molar-refractivity contribution in [1.29, 1.82) is 0 Å². The third-order valence-corrected chi connectivity index (χ3v) is 4.99. The van der Waals surface area contributed by atoms with Crippen LogP contribution >= 0.6 is 0 Å². The minimum Gasteiger partial charge on any atom is -0.212 e. The van der Waals surface area contributed by atoms with Gasteiger partial charge in [0.25, 0.3) is 0 Å². The summed E-state index contributed by atoms with van der Waals surface area (Å²) in [5.41, 5.74) is 0.304. The van der Waals surface area contributed by atoms with Crippen molar-refractivity contribution >= 4 is 10.0 Å². The van der Waals surface area contributed by atoms with Crippen molar-refractivity contribution in [2.75, 3.05) is 13.1 Å². The van der Waals surface area contributed by atoms with Crippen LogP contribution in [0.25, 0.3) is 0 Å². The molecule has 0 aromatic heterocycles. The van der Waals surface area contributed by atoms with E-state index in [1.165, 1.54) is 0 Å². The highest BCUT2D eigenvalue weighted by atomic mass is 32.2. The molecule has 0 amide bonds. The molecule has 0 bridgehead atoms. The molecule has 0 radical (unpaired) electrons. The standard InChI is InChI=1S/C11H23NO2S/c1-9(2)15(13,14)12-7-10(8-12)6-11(3,4)5/h9-10H,6-8H2,1-5H3. The third kappa shape index (κ3) is 3.18. The number of sulfonamides is 1. The van der Waals surface area contributed by atoms with Gasteiger partial charge >= 0.3 is 0 Å². The molecule has 1 heterocycles. The summed E-state index contributed by atoms with van der Waals surface area (Å²) in [6, 6.07) is 0. The molecule has 1 rings (SSSR count). The molecule has 3 nitrogen and oxygen atoms in total. The highest BCUT2D eigenvalue weighted by Crippen LogP contribution is 2.32. The van der Waals surface area contributed by atoms with Gasteiger partial charge in [-0.15, -0.1) is 0 Å². The Kier molecular flexibility index (Phi) is 3.51. The number of rotatable bonds is 3. The second-order valence-corrected chi connectivity index (χ2v) is 8.53. The molecule has 1 fully saturated rings. The lowest BCUT2D eigenvalue weighted by Gasteiger charge is -2.41. The molecular weight excluding hydrogens is 210 g/mol. The Labute approximate surface area is 93.9 Å². The molecule has 1 aliphatic heterocycles. The normalized spacial score (nSPS) is 20.7. The van der Waals surface area contributed by atoms with E-state index in [9.17, 15) is 8.42 Å². The molecule has 1 saturated heterocycles. The van der Waals surface area contributed by atoms with Crippen LogP contribution in [0.1, 0.15) is 41.0 Å². The predicted octanol–water partition coefficient (Wildman–Crippen LogP) is 2.09. The average molecular weight is 233 g/mol. The van der Waals surface area contributed by atoms with E-state index < -0.39 is 10.0 Å². The number of hydrogen-bond acceptors (Lipinski definition) is 2. The van der Waals surface area contributed by atoms with Gasteiger partial charge < -0.3 is 0 Å². The highest BCUT2D eigenvalue weighted by Gasteiger charge is 2.38. The second-order valence-electron chi connectivity index (χ2n) is 6.04. The fraction of sp³-hybridized carbons (Fsp3) is 1.00. The fourth-order valence-corrected chi connectivity index (χ4v) is 3.46. The van der Waals surface area contributed by atoms with Crippen LogP contribution < -0.4 is 0 Å². The first-order chi connectivity index (χ1) is 6.63. The highest BCUT2D eigenvalue weighted by molar-refractivity contribution is 7.89. The van der Waals surface area contributed by atoms with E-state index in [-0.39, 0.29) is 5.25 Å². The molecule has 0 aliphatic carbocycles. The summed E-state index contributed by atoms with van der Waals surface area (Å²) in [4.78, 5) is 0. The van der Waals surface area contributed by atoms with Crippen molar-refractivity contribution in [1.82, 2.24) is 4.31 Å². The minimum atomic E-state index is -3.00. The van der Waals surface area contributed by atoms with Gasteiger partial charge in [0.1, 0.15) is 0 Å². The van der Waals surface area contributed by atoms with Crippen LogP contribution in [-0.2, 0) is 10.0 Å². The quantitative estimate of drug-likeness (QED) is 0.748. The Morgan fingerprint density at radius 2 is 1.73 bits per heavy atom. The molecule has 1 aliphatic rings. The maximum atomic E-state index is 11.7. The van der Waals surface area contributed by atoms with Gasteiger partial charge in [-0.25, -0.2) is 12.7 Å². The lowest BCUT2D eigenvalue weighted by atomic mass is 9.82. The van der Waals surface area contributed by atoms with E-state index >= 15 is 0 Å². The van der Waals surface area contributed by atoms with Gasteiger partial charge in [0, 0.05) is 13.1 Å². The summed E-state index contributed by atoms with van der Waals surface area (Å²) >= 11 is 0. The van der Waals surface area contributed by atoms with Crippen molar-refractivity contribution in [2.45, 2.75) is 46.3 Å². The lowest BCUT2D eigenvalue weighted by molar-refractivity contribution is 0.144. The van der Waals surface area contributed by atoms with Gasteiger partial charge in [-0.3, -0.25) is 0 Å². The lowest BCUT2D eigenvalue weighted by Crippen LogP contribution is -2.52. The Hall–Kier alpha value is -0.0900. The van der Waals surface area contributed by atoms with Crippen LogP contribution in [0.5, 0.6) is 0 Å². The van der Waals surface area contributed by atoms with Gasteiger partial charge in [0.2, 0.25) is 10.0 Å². The zero-order chi connectivity index (χ0) is 11.9. The molecule has 0 saturated carbocycles. The zero-order valence-corrected chi connectivity index (χ0v) is 11.3. The van der Waals surface area contributed by atoms with Gasteiger partial charge in [-0.2, -0.15) is 0 Å². The molecule has 0 aromatic rings. The summed E-state index contributed by atoms with van der Waals surface area (Å²) in [5.74, 6) is 0.554. The van der Waals surface area contributed by atoms with Crippen LogP contribution in [0.15, 0.2) is 0 Å². The van der Waals surface area contributed by atoms with Crippen molar-refractivity contribution in [3.63, 3.8) is 0 Å².